The molecule has 0 aromatic heterocycles. The number of carbonyl (C=O) groups is 1. The van der Waals surface area contributed by atoms with Crippen LogP contribution in [0.3, 0.4) is 0 Å². The van der Waals surface area contributed by atoms with Gasteiger partial charge >= 0.3 is 0 Å². The highest BCUT2D eigenvalue weighted by Crippen LogP contribution is 2.38. The van der Waals surface area contributed by atoms with Crippen molar-refractivity contribution in [1.29, 1.82) is 0 Å². The highest BCUT2D eigenvalue weighted by molar-refractivity contribution is 7.80. The normalized spacial score (nSPS) is 10.1. The number of phenolic OH excluding ortho intramolecular Hbond substituents is 1. The topological polar surface area (TPSA) is 132 Å². The van der Waals surface area contributed by atoms with Crippen molar-refractivity contribution in [1.82, 2.24) is 5.32 Å². The van der Waals surface area contributed by atoms with Gasteiger partial charge in [0.1, 0.15) is 0 Å². The number of nitro groups is 1. The van der Waals surface area contributed by atoms with Crippen LogP contribution in [0.4, 0.5) is 11.4 Å². The van der Waals surface area contributed by atoms with Gasteiger partial charge in [0, 0.05) is 17.7 Å². The van der Waals surface area contributed by atoms with Crippen molar-refractivity contribution in [3.63, 3.8) is 0 Å². The lowest BCUT2D eigenvalue weighted by atomic mass is 10.1. The first-order valence-corrected chi connectivity index (χ1v) is 8.59. The van der Waals surface area contributed by atoms with E-state index < -0.39 is 16.6 Å². The Hall–Kier alpha value is -3.31. The van der Waals surface area contributed by atoms with E-state index in [2.05, 4.69) is 10.6 Å². The molecule has 0 aliphatic heterocycles. The predicted octanol–water partition coefficient (Wildman–Crippen LogP) is 3.11. The Kier molecular flexibility index (Phi) is 7.02. The summed E-state index contributed by atoms with van der Waals surface area (Å²) >= 11 is 10.8. The molecule has 29 heavy (non-hydrogen) atoms. The average Bonchev–Trinajstić information content (AvgIpc) is 2.69. The third-order valence-corrected chi connectivity index (χ3v) is 4.15. The Morgan fingerprint density at radius 2 is 1.72 bits per heavy atom. The molecule has 0 radical (unpaired) electrons. The van der Waals surface area contributed by atoms with Crippen LogP contribution in [0, 0.1) is 10.1 Å². The van der Waals surface area contributed by atoms with Gasteiger partial charge in [-0.3, -0.25) is 20.2 Å². The van der Waals surface area contributed by atoms with Crippen LogP contribution in [0.25, 0.3) is 0 Å². The summed E-state index contributed by atoms with van der Waals surface area (Å²) in [5.41, 5.74) is -0.363. The molecule has 10 nitrogen and oxygen atoms in total. The molecule has 0 aliphatic carbocycles. The van der Waals surface area contributed by atoms with Gasteiger partial charge in [0.25, 0.3) is 11.6 Å². The number of phenols is 1. The zero-order valence-corrected chi connectivity index (χ0v) is 17.0. The third-order valence-electron chi connectivity index (χ3n) is 3.66. The summed E-state index contributed by atoms with van der Waals surface area (Å²) < 4.78 is 15.6. The number of halogens is 1. The number of nitrogens with one attached hydrogen (secondary N) is 2. The maximum absolute atomic E-state index is 12.5. The summed E-state index contributed by atoms with van der Waals surface area (Å²) in [6, 6.07) is 4.85. The molecule has 12 heteroatoms. The summed E-state index contributed by atoms with van der Waals surface area (Å²) in [5, 5.41) is 25.3. The first-order valence-electron chi connectivity index (χ1n) is 7.81. The molecule has 0 fully saturated rings. The van der Waals surface area contributed by atoms with E-state index in [9.17, 15) is 20.0 Å². The van der Waals surface area contributed by atoms with E-state index in [1.54, 1.807) is 0 Å². The molecule has 2 aromatic rings. The summed E-state index contributed by atoms with van der Waals surface area (Å²) in [6.07, 6.45) is 0. The molecule has 0 bridgehead atoms. The standard InChI is InChI=1S/C17H16ClN3O7S/c1-26-12-4-8(5-13(27-2)15(12)28-3)16(23)20-17(29)19-11-7-9(21(24)25)6-10(18)14(11)22/h4-7,22H,1-3H3,(H2,19,20,23,29). The number of anilines is 1. The number of ether oxygens (including phenoxy) is 3. The molecule has 0 spiro atoms. The van der Waals surface area contributed by atoms with Crippen LogP contribution >= 0.6 is 23.8 Å². The third kappa shape index (κ3) is 4.95. The maximum Gasteiger partial charge on any atom is 0.273 e. The minimum absolute atomic E-state index is 0.139. The van der Waals surface area contributed by atoms with Crippen molar-refractivity contribution in [2.75, 3.05) is 26.6 Å². The smallest absolute Gasteiger partial charge is 0.273 e. The first-order chi connectivity index (χ1) is 13.7. The first kappa shape index (κ1) is 22.0. The molecule has 0 saturated heterocycles. The van der Waals surface area contributed by atoms with Crippen LogP contribution in [0.2, 0.25) is 5.02 Å². The zero-order chi connectivity index (χ0) is 21.7. The lowest BCUT2D eigenvalue weighted by Crippen LogP contribution is -2.34. The molecule has 1 amide bonds. The van der Waals surface area contributed by atoms with Crippen molar-refractivity contribution < 1.29 is 29.0 Å². The average molecular weight is 442 g/mol. The number of methoxy groups -OCH3 is 3. The van der Waals surface area contributed by atoms with Crippen molar-refractivity contribution in [3.8, 4) is 23.0 Å². The van der Waals surface area contributed by atoms with Crippen LogP contribution in [0.1, 0.15) is 10.4 Å². The second kappa shape index (κ2) is 9.26. The Morgan fingerprint density at radius 1 is 1.14 bits per heavy atom. The maximum atomic E-state index is 12.5. The largest absolute Gasteiger partial charge is 0.504 e. The number of nitro benzene ring substituents is 1. The molecule has 0 atom stereocenters. The second-order valence-electron chi connectivity index (χ2n) is 5.40. The van der Waals surface area contributed by atoms with E-state index in [-0.39, 0.29) is 38.6 Å². The van der Waals surface area contributed by atoms with Gasteiger partial charge in [0.2, 0.25) is 5.75 Å². The van der Waals surface area contributed by atoms with Gasteiger partial charge < -0.3 is 24.6 Å². The van der Waals surface area contributed by atoms with Crippen LogP contribution in [0.5, 0.6) is 23.0 Å². The van der Waals surface area contributed by atoms with Gasteiger partial charge in [0.15, 0.2) is 22.4 Å². The highest BCUT2D eigenvalue weighted by atomic mass is 35.5. The van der Waals surface area contributed by atoms with Crippen LogP contribution < -0.4 is 24.8 Å². The van der Waals surface area contributed by atoms with Crippen LogP contribution in [-0.2, 0) is 0 Å². The molecule has 154 valence electrons. The number of hydrogen-bond donors (Lipinski definition) is 3. The molecule has 0 aliphatic rings. The zero-order valence-electron chi connectivity index (χ0n) is 15.4. The van der Waals surface area contributed by atoms with E-state index in [4.69, 9.17) is 38.0 Å². The minimum atomic E-state index is -0.686. The van der Waals surface area contributed by atoms with Crippen molar-refractivity contribution in [3.05, 3.63) is 45.0 Å². The lowest BCUT2D eigenvalue weighted by Gasteiger charge is -2.15. The number of thiocarbonyl (C=S) groups is 1. The fourth-order valence-corrected chi connectivity index (χ4v) is 2.74. The second-order valence-corrected chi connectivity index (χ2v) is 6.22. The van der Waals surface area contributed by atoms with E-state index in [1.165, 1.54) is 33.5 Å². The number of benzene rings is 2. The van der Waals surface area contributed by atoms with E-state index in [1.807, 2.05) is 0 Å². The fourth-order valence-electron chi connectivity index (χ4n) is 2.33. The Morgan fingerprint density at radius 3 is 2.21 bits per heavy atom. The fraction of sp³-hybridized carbons (Fsp3) is 0.176. The Labute approximate surface area is 175 Å². The summed E-state index contributed by atoms with van der Waals surface area (Å²) in [4.78, 5) is 22.8. The molecular formula is C17H16ClN3O7S. The molecule has 2 aromatic carbocycles. The molecule has 0 saturated carbocycles. The minimum Gasteiger partial charge on any atom is -0.504 e. The van der Waals surface area contributed by atoms with Gasteiger partial charge in [0.05, 0.1) is 37.0 Å². The van der Waals surface area contributed by atoms with Gasteiger partial charge in [-0.15, -0.1) is 0 Å². The highest BCUT2D eigenvalue weighted by Gasteiger charge is 2.19. The van der Waals surface area contributed by atoms with Crippen molar-refractivity contribution >= 4 is 46.2 Å². The van der Waals surface area contributed by atoms with Gasteiger partial charge in [-0.25, -0.2) is 0 Å². The predicted molar refractivity (Wildman–Crippen MR) is 110 cm³/mol. The monoisotopic (exact) mass is 441 g/mol. The molecule has 3 N–H and O–H groups in total. The summed E-state index contributed by atoms with van der Waals surface area (Å²) in [5.74, 6) is -0.249. The molecule has 2 rings (SSSR count). The number of non-ortho nitro benzene ring substituents is 1. The molecule has 0 unspecified atom stereocenters. The number of rotatable bonds is 6. The quantitative estimate of drug-likeness (QED) is 0.267. The number of aromatic hydroxyl groups is 1. The summed E-state index contributed by atoms with van der Waals surface area (Å²) in [6.45, 7) is 0. The number of carbonyl (C=O) groups excluding carboxylic acids is 1. The Balaban J connectivity index is 2.24. The van der Waals surface area contributed by atoms with E-state index >= 15 is 0 Å². The van der Waals surface area contributed by atoms with Gasteiger partial charge in [-0.2, -0.15) is 0 Å². The van der Waals surface area contributed by atoms with Crippen molar-refractivity contribution in [2.45, 2.75) is 0 Å². The molecular weight excluding hydrogens is 426 g/mol. The SMILES string of the molecule is COc1cc(C(=O)NC(=S)Nc2cc([N+](=O)[O-])cc(Cl)c2O)cc(OC)c1OC. The van der Waals surface area contributed by atoms with E-state index in [0.29, 0.717) is 5.75 Å². The van der Waals surface area contributed by atoms with Crippen molar-refractivity contribution in [2.24, 2.45) is 0 Å². The van der Waals surface area contributed by atoms with Gasteiger partial charge in [-0.05, 0) is 24.4 Å². The van der Waals surface area contributed by atoms with Crippen LogP contribution in [-0.4, -0.2) is 42.4 Å². The number of nitrogens with zero attached hydrogens (tertiary/aromatic N) is 1. The van der Waals surface area contributed by atoms with Gasteiger partial charge in [-0.1, -0.05) is 11.6 Å². The lowest BCUT2D eigenvalue weighted by molar-refractivity contribution is -0.384. The van der Waals surface area contributed by atoms with E-state index in [0.717, 1.165) is 12.1 Å². The summed E-state index contributed by atoms with van der Waals surface area (Å²) in [7, 11) is 4.23. The Bertz CT molecular complexity index is 959. The number of hydrogen-bond acceptors (Lipinski definition) is 8. The molecule has 0 heterocycles. The van der Waals surface area contributed by atoms with Crippen LogP contribution in [0.15, 0.2) is 24.3 Å². The number of amides is 1.